The van der Waals surface area contributed by atoms with E-state index >= 15 is 0 Å². The fraction of sp³-hybridized carbons (Fsp3) is 0.400. The molecule has 0 bridgehead atoms. The Balaban J connectivity index is 2.71. The first kappa shape index (κ1) is 9.62. The minimum Gasteiger partial charge on any atom is -0.389 e. The van der Waals surface area contributed by atoms with E-state index in [-0.39, 0.29) is 6.10 Å². The summed E-state index contributed by atoms with van der Waals surface area (Å²) in [5.74, 6) is 1.09. The van der Waals surface area contributed by atoms with Crippen molar-refractivity contribution < 1.29 is 5.11 Å². The van der Waals surface area contributed by atoms with E-state index in [1.165, 1.54) is 4.90 Å². The predicted octanol–water partition coefficient (Wildman–Crippen LogP) is 2.85. The first-order valence-electron chi connectivity index (χ1n) is 4.15. The second-order valence-electron chi connectivity index (χ2n) is 2.68. The highest BCUT2D eigenvalue weighted by molar-refractivity contribution is 7.99. The minimum absolute atomic E-state index is 0.356. The van der Waals surface area contributed by atoms with Gasteiger partial charge in [-0.2, -0.15) is 0 Å². The molecular weight excluding hydrogens is 168 g/mol. The highest BCUT2D eigenvalue weighted by Crippen LogP contribution is 2.20. The summed E-state index contributed by atoms with van der Waals surface area (Å²) in [7, 11) is 0. The molecule has 1 atom stereocenters. The Kier molecular flexibility index (Phi) is 3.63. The van der Waals surface area contributed by atoms with Crippen LogP contribution in [0.15, 0.2) is 29.2 Å². The number of benzene rings is 1. The zero-order valence-electron chi connectivity index (χ0n) is 7.45. The molecule has 1 nitrogen and oxygen atoms in total. The molecule has 2 heteroatoms. The summed E-state index contributed by atoms with van der Waals surface area (Å²) < 4.78 is 0. The molecule has 0 saturated carbocycles. The quantitative estimate of drug-likeness (QED) is 0.725. The zero-order chi connectivity index (χ0) is 8.97. The summed E-state index contributed by atoms with van der Waals surface area (Å²) in [5.41, 5.74) is 0.982. The third kappa shape index (κ3) is 2.54. The Labute approximate surface area is 77.8 Å². The maximum atomic E-state index is 9.24. The molecule has 1 aromatic rings. The molecule has 12 heavy (non-hydrogen) atoms. The van der Waals surface area contributed by atoms with Gasteiger partial charge in [0.2, 0.25) is 0 Å². The van der Waals surface area contributed by atoms with Crippen LogP contribution in [-0.4, -0.2) is 10.9 Å². The van der Waals surface area contributed by atoms with E-state index < -0.39 is 0 Å². The molecule has 1 unspecified atom stereocenters. The van der Waals surface area contributed by atoms with Crippen molar-refractivity contribution in [3.8, 4) is 0 Å². The van der Waals surface area contributed by atoms with Gasteiger partial charge in [-0.05, 0) is 30.4 Å². The molecule has 0 heterocycles. The average Bonchev–Trinajstić information content (AvgIpc) is 2.06. The summed E-state index contributed by atoms with van der Waals surface area (Å²) in [6, 6.07) is 8.05. The molecule has 0 spiro atoms. The number of hydrogen-bond acceptors (Lipinski definition) is 2. The van der Waals surface area contributed by atoms with Crippen LogP contribution < -0.4 is 0 Å². The maximum Gasteiger partial charge on any atom is 0.0761 e. The predicted molar refractivity (Wildman–Crippen MR) is 53.5 cm³/mol. The Bertz CT molecular complexity index is 228. The van der Waals surface area contributed by atoms with Crippen molar-refractivity contribution in [1.82, 2.24) is 0 Å². The van der Waals surface area contributed by atoms with Crippen molar-refractivity contribution in [3.63, 3.8) is 0 Å². The molecule has 1 aromatic carbocycles. The molecule has 0 aromatic heterocycles. The minimum atomic E-state index is -0.356. The van der Waals surface area contributed by atoms with Crippen molar-refractivity contribution in [2.75, 3.05) is 5.75 Å². The summed E-state index contributed by atoms with van der Waals surface area (Å²) in [6.45, 7) is 3.91. The van der Waals surface area contributed by atoms with Crippen LogP contribution in [0.3, 0.4) is 0 Å². The van der Waals surface area contributed by atoms with Crippen LogP contribution in [0.25, 0.3) is 0 Å². The van der Waals surface area contributed by atoms with Gasteiger partial charge in [-0.25, -0.2) is 0 Å². The largest absolute Gasteiger partial charge is 0.389 e. The molecule has 0 aliphatic heterocycles. The van der Waals surface area contributed by atoms with Crippen LogP contribution >= 0.6 is 11.8 Å². The second kappa shape index (κ2) is 4.53. The van der Waals surface area contributed by atoms with Crippen LogP contribution in [0, 0.1) is 0 Å². The first-order valence-corrected chi connectivity index (χ1v) is 5.13. The van der Waals surface area contributed by atoms with E-state index in [0.717, 1.165) is 11.3 Å². The van der Waals surface area contributed by atoms with Gasteiger partial charge in [0.05, 0.1) is 6.10 Å². The molecule has 0 radical (unpaired) electrons. The van der Waals surface area contributed by atoms with Crippen molar-refractivity contribution >= 4 is 11.8 Å². The van der Waals surface area contributed by atoms with E-state index in [1.54, 1.807) is 6.92 Å². The van der Waals surface area contributed by atoms with E-state index in [0.29, 0.717) is 0 Å². The number of hydrogen-bond donors (Lipinski definition) is 1. The summed E-state index contributed by atoms with van der Waals surface area (Å²) in [5, 5.41) is 9.24. The molecule has 0 aliphatic rings. The van der Waals surface area contributed by atoms with E-state index in [1.807, 2.05) is 23.9 Å². The van der Waals surface area contributed by atoms with Gasteiger partial charge < -0.3 is 5.11 Å². The number of thioether (sulfide) groups is 1. The first-order chi connectivity index (χ1) is 5.74. The lowest BCUT2D eigenvalue weighted by atomic mass is 10.1. The van der Waals surface area contributed by atoms with Crippen LogP contribution in [0.5, 0.6) is 0 Å². The van der Waals surface area contributed by atoms with Crippen molar-refractivity contribution in [3.05, 3.63) is 29.8 Å². The Morgan fingerprint density at radius 2 is 1.92 bits per heavy atom. The Hall–Kier alpha value is -0.470. The molecule has 0 saturated heterocycles. The van der Waals surface area contributed by atoms with Gasteiger partial charge in [0, 0.05) is 4.90 Å². The number of aliphatic hydroxyl groups is 1. The van der Waals surface area contributed by atoms with Crippen molar-refractivity contribution in [2.45, 2.75) is 24.8 Å². The van der Waals surface area contributed by atoms with E-state index in [4.69, 9.17) is 0 Å². The van der Waals surface area contributed by atoms with E-state index in [9.17, 15) is 5.11 Å². The van der Waals surface area contributed by atoms with Crippen LogP contribution in [-0.2, 0) is 0 Å². The average molecular weight is 182 g/mol. The summed E-state index contributed by atoms with van der Waals surface area (Å²) in [4.78, 5) is 1.27. The molecule has 66 valence electrons. The maximum absolute atomic E-state index is 9.24. The molecule has 0 amide bonds. The van der Waals surface area contributed by atoms with Crippen LogP contribution in [0.4, 0.5) is 0 Å². The lowest BCUT2D eigenvalue weighted by Crippen LogP contribution is -1.89. The number of aliphatic hydroxyl groups excluding tert-OH is 1. The Morgan fingerprint density at radius 3 is 2.33 bits per heavy atom. The lowest BCUT2D eigenvalue weighted by Gasteiger charge is -2.04. The lowest BCUT2D eigenvalue weighted by molar-refractivity contribution is 0.199. The van der Waals surface area contributed by atoms with Crippen molar-refractivity contribution in [2.24, 2.45) is 0 Å². The third-order valence-corrected chi connectivity index (χ3v) is 2.57. The molecule has 1 rings (SSSR count). The van der Waals surface area contributed by atoms with Gasteiger partial charge in [-0.15, -0.1) is 11.8 Å². The normalized spacial score (nSPS) is 12.9. The topological polar surface area (TPSA) is 20.2 Å². The molecule has 1 N–H and O–H groups in total. The highest BCUT2D eigenvalue weighted by atomic mass is 32.2. The standard InChI is InChI=1S/C10H14OS/c1-3-12-10-6-4-9(5-7-10)8(2)11/h4-8,11H,3H2,1-2H3. The summed E-state index contributed by atoms with van der Waals surface area (Å²) >= 11 is 1.81. The highest BCUT2D eigenvalue weighted by Gasteiger charge is 1.99. The van der Waals surface area contributed by atoms with Gasteiger partial charge in [-0.1, -0.05) is 19.1 Å². The van der Waals surface area contributed by atoms with Gasteiger partial charge in [0.25, 0.3) is 0 Å². The monoisotopic (exact) mass is 182 g/mol. The van der Waals surface area contributed by atoms with Crippen LogP contribution in [0.2, 0.25) is 0 Å². The molecule has 0 aliphatic carbocycles. The number of rotatable bonds is 3. The SMILES string of the molecule is CCSc1ccc(C(C)O)cc1. The third-order valence-electron chi connectivity index (χ3n) is 1.67. The smallest absolute Gasteiger partial charge is 0.0761 e. The van der Waals surface area contributed by atoms with Gasteiger partial charge in [0.1, 0.15) is 0 Å². The van der Waals surface area contributed by atoms with Gasteiger partial charge >= 0.3 is 0 Å². The Morgan fingerprint density at radius 1 is 1.33 bits per heavy atom. The fourth-order valence-electron chi connectivity index (χ4n) is 1.01. The van der Waals surface area contributed by atoms with Gasteiger partial charge in [-0.3, -0.25) is 0 Å². The van der Waals surface area contributed by atoms with Crippen LogP contribution in [0.1, 0.15) is 25.5 Å². The van der Waals surface area contributed by atoms with Crippen molar-refractivity contribution in [1.29, 1.82) is 0 Å². The molecule has 0 fully saturated rings. The second-order valence-corrected chi connectivity index (χ2v) is 4.02. The van der Waals surface area contributed by atoms with E-state index in [2.05, 4.69) is 19.1 Å². The fourth-order valence-corrected chi connectivity index (χ4v) is 1.67. The zero-order valence-corrected chi connectivity index (χ0v) is 8.27. The molecular formula is C10H14OS. The van der Waals surface area contributed by atoms with Gasteiger partial charge in [0.15, 0.2) is 0 Å². The summed E-state index contributed by atoms with van der Waals surface area (Å²) in [6.07, 6.45) is -0.356.